The fourth-order valence-electron chi connectivity index (χ4n) is 7.86. The van der Waals surface area contributed by atoms with Gasteiger partial charge in [0, 0.05) is 6.42 Å². The van der Waals surface area contributed by atoms with E-state index in [2.05, 4.69) is 62.5 Å². The number of hydrogen-bond acceptors (Lipinski definition) is 5. The van der Waals surface area contributed by atoms with Gasteiger partial charge in [0.2, 0.25) is 5.91 Å². The van der Waals surface area contributed by atoms with Gasteiger partial charge in [-0.2, -0.15) is 0 Å². The smallest absolute Gasteiger partial charge is 0.306 e. The zero-order chi connectivity index (χ0) is 45.9. The summed E-state index contributed by atoms with van der Waals surface area (Å²) in [5.41, 5.74) is 0. The second kappa shape index (κ2) is 50.3. The molecular formula is C57H101NO5. The molecule has 0 saturated carbocycles. The summed E-state index contributed by atoms with van der Waals surface area (Å²) >= 11 is 0. The maximum atomic E-state index is 13.2. The van der Waals surface area contributed by atoms with E-state index in [0.29, 0.717) is 19.3 Å². The Hall–Kier alpha value is -2.70. The molecule has 3 unspecified atom stereocenters. The molecule has 0 heterocycles. The van der Waals surface area contributed by atoms with Gasteiger partial charge in [-0.3, -0.25) is 9.59 Å². The summed E-state index contributed by atoms with van der Waals surface area (Å²) < 4.78 is 5.92. The lowest BCUT2D eigenvalue weighted by atomic mass is 10.0. The van der Waals surface area contributed by atoms with Crippen LogP contribution in [-0.4, -0.2) is 46.9 Å². The molecule has 0 fully saturated rings. The third-order valence-electron chi connectivity index (χ3n) is 11.9. The van der Waals surface area contributed by atoms with Gasteiger partial charge in [-0.1, -0.05) is 241 Å². The summed E-state index contributed by atoms with van der Waals surface area (Å²) in [6.45, 7) is 6.33. The summed E-state index contributed by atoms with van der Waals surface area (Å²) in [5.74, 6) is -0.530. The molecule has 0 aliphatic heterocycles. The number of ether oxygens (including phenoxy) is 1. The number of carbonyl (C=O) groups is 2. The molecule has 0 aliphatic rings. The molecule has 6 nitrogen and oxygen atoms in total. The second-order valence-corrected chi connectivity index (χ2v) is 18.0. The number of aliphatic hydroxyl groups excluding tert-OH is 2. The third kappa shape index (κ3) is 45.7. The lowest BCUT2D eigenvalue weighted by Gasteiger charge is -2.24. The van der Waals surface area contributed by atoms with Gasteiger partial charge in [-0.25, -0.2) is 0 Å². The van der Waals surface area contributed by atoms with E-state index in [4.69, 9.17) is 4.74 Å². The molecule has 364 valence electrons. The summed E-state index contributed by atoms with van der Waals surface area (Å²) in [6.07, 6.45) is 63.8. The Labute approximate surface area is 390 Å². The van der Waals surface area contributed by atoms with Crippen molar-refractivity contribution in [3.8, 4) is 0 Å². The van der Waals surface area contributed by atoms with Gasteiger partial charge in [-0.15, -0.1) is 0 Å². The molecule has 3 atom stereocenters. The van der Waals surface area contributed by atoms with Crippen LogP contribution in [-0.2, 0) is 14.3 Å². The van der Waals surface area contributed by atoms with Crippen molar-refractivity contribution in [1.29, 1.82) is 0 Å². The maximum Gasteiger partial charge on any atom is 0.306 e. The standard InChI is InChI=1S/C57H101NO5/c1-4-7-10-13-16-19-22-25-28-30-33-36-39-42-45-48-53(63-57(62)50-47-44-41-38-35-32-29-26-23-20-17-14-11-8-5-2)51-56(61)58-54(52-59)55(60)49-46-43-40-37-34-31-27-24-21-18-15-12-9-6-3/h8,11,14,17,20,23,25-26,28-29,32,35,53-55,59-60H,4-7,9-10,12-13,15-16,18-19,21-22,24,27,30-31,33-34,36-52H2,1-3H3,(H,58,61)/b11-8+,17-14+,23-20-,28-25+,29-26-,35-32+. The highest BCUT2D eigenvalue weighted by Gasteiger charge is 2.24. The monoisotopic (exact) mass is 880 g/mol. The molecule has 3 N–H and O–H groups in total. The molecule has 0 radical (unpaired) electrons. The number of unbranched alkanes of at least 4 members (excludes halogenated alkanes) is 27. The Morgan fingerprint density at radius 1 is 0.476 bits per heavy atom. The van der Waals surface area contributed by atoms with Gasteiger partial charge in [0.25, 0.3) is 0 Å². The van der Waals surface area contributed by atoms with E-state index in [1.807, 2.05) is 36.5 Å². The van der Waals surface area contributed by atoms with E-state index < -0.39 is 18.2 Å². The molecule has 1 amide bonds. The molecule has 0 aliphatic carbocycles. The molecule has 0 bridgehead atoms. The van der Waals surface area contributed by atoms with Crippen LogP contribution in [0.25, 0.3) is 0 Å². The van der Waals surface area contributed by atoms with Crippen LogP contribution in [0.5, 0.6) is 0 Å². The van der Waals surface area contributed by atoms with E-state index in [1.54, 1.807) is 0 Å². The van der Waals surface area contributed by atoms with E-state index >= 15 is 0 Å². The quantitative estimate of drug-likeness (QED) is 0.0245. The van der Waals surface area contributed by atoms with Gasteiger partial charge in [0.05, 0.1) is 25.2 Å². The number of amides is 1. The van der Waals surface area contributed by atoms with Crippen LogP contribution in [0, 0.1) is 0 Å². The highest BCUT2D eigenvalue weighted by atomic mass is 16.5. The van der Waals surface area contributed by atoms with Gasteiger partial charge in [0.1, 0.15) is 6.10 Å². The largest absolute Gasteiger partial charge is 0.462 e. The topological polar surface area (TPSA) is 95.9 Å². The maximum absolute atomic E-state index is 13.2. The molecule has 0 rings (SSSR count). The zero-order valence-corrected chi connectivity index (χ0v) is 41.4. The van der Waals surface area contributed by atoms with Gasteiger partial charge >= 0.3 is 5.97 Å². The Morgan fingerprint density at radius 3 is 1.35 bits per heavy atom. The summed E-state index contributed by atoms with van der Waals surface area (Å²) in [4.78, 5) is 26.2. The number of allylic oxidation sites excluding steroid dienone is 12. The molecule has 0 saturated heterocycles. The molecule has 0 aromatic carbocycles. The molecule has 0 aromatic rings. The van der Waals surface area contributed by atoms with Crippen molar-refractivity contribution in [2.45, 2.75) is 270 Å². The number of aliphatic hydroxyl groups is 2. The first kappa shape index (κ1) is 60.3. The van der Waals surface area contributed by atoms with Crippen molar-refractivity contribution >= 4 is 11.9 Å². The highest BCUT2D eigenvalue weighted by molar-refractivity contribution is 5.77. The van der Waals surface area contributed by atoms with E-state index in [1.165, 1.54) is 128 Å². The van der Waals surface area contributed by atoms with Crippen LogP contribution < -0.4 is 5.32 Å². The van der Waals surface area contributed by atoms with Crippen LogP contribution in [0.15, 0.2) is 72.9 Å². The minimum absolute atomic E-state index is 0.0525. The van der Waals surface area contributed by atoms with Crippen LogP contribution in [0.3, 0.4) is 0 Å². The zero-order valence-electron chi connectivity index (χ0n) is 41.4. The van der Waals surface area contributed by atoms with E-state index in [0.717, 1.165) is 77.0 Å². The predicted molar refractivity (Wildman–Crippen MR) is 273 cm³/mol. The Bertz CT molecular complexity index is 1170. The number of carbonyl (C=O) groups excluding carboxylic acids is 2. The number of hydrogen-bond donors (Lipinski definition) is 3. The fourth-order valence-corrected chi connectivity index (χ4v) is 7.86. The van der Waals surface area contributed by atoms with Crippen LogP contribution in [0.4, 0.5) is 0 Å². The van der Waals surface area contributed by atoms with Crippen LogP contribution in [0.2, 0.25) is 0 Å². The minimum Gasteiger partial charge on any atom is -0.462 e. The van der Waals surface area contributed by atoms with Crippen molar-refractivity contribution in [3.63, 3.8) is 0 Å². The van der Waals surface area contributed by atoms with Crippen molar-refractivity contribution in [2.75, 3.05) is 6.61 Å². The number of rotatable bonds is 47. The Morgan fingerprint density at radius 2 is 0.873 bits per heavy atom. The van der Waals surface area contributed by atoms with Crippen molar-refractivity contribution in [1.82, 2.24) is 5.32 Å². The molecular weight excluding hydrogens is 779 g/mol. The average molecular weight is 880 g/mol. The van der Waals surface area contributed by atoms with Crippen LogP contribution in [0.1, 0.15) is 252 Å². The minimum atomic E-state index is -0.800. The molecule has 6 heteroatoms. The molecule has 0 spiro atoms. The Balaban J connectivity index is 4.67. The van der Waals surface area contributed by atoms with E-state index in [-0.39, 0.29) is 24.9 Å². The third-order valence-corrected chi connectivity index (χ3v) is 11.9. The summed E-state index contributed by atoms with van der Waals surface area (Å²) in [5, 5.41) is 23.8. The first-order chi connectivity index (χ1) is 31.0. The first-order valence-corrected chi connectivity index (χ1v) is 26.7. The Kier molecular flexibility index (Phi) is 48.1. The highest BCUT2D eigenvalue weighted by Crippen LogP contribution is 2.18. The lowest BCUT2D eigenvalue weighted by Crippen LogP contribution is -2.46. The fraction of sp³-hybridized carbons (Fsp3) is 0.754. The first-order valence-electron chi connectivity index (χ1n) is 26.7. The van der Waals surface area contributed by atoms with Crippen LogP contribution >= 0.6 is 0 Å². The van der Waals surface area contributed by atoms with Crippen molar-refractivity contribution in [3.05, 3.63) is 72.9 Å². The lowest BCUT2D eigenvalue weighted by molar-refractivity contribution is -0.151. The average Bonchev–Trinajstić information content (AvgIpc) is 3.28. The molecule has 0 aromatic heterocycles. The second-order valence-electron chi connectivity index (χ2n) is 18.0. The van der Waals surface area contributed by atoms with Crippen molar-refractivity contribution < 1.29 is 24.5 Å². The van der Waals surface area contributed by atoms with Gasteiger partial charge in [0.15, 0.2) is 0 Å². The van der Waals surface area contributed by atoms with Crippen molar-refractivity contribution in [2.24, 2.45) is 0 Å². The number of esters is 1. The van der Waals surface area contributed by atoms with Gasteiger partial charge in [-0.05, 0) is 70.6 Å². The van der Waals surface area contributed by atoms with Gasteiger partial charge < -0.3 is 20.3 Å². The summed E-state index contributed by atoms with van der Waals surface area (Å²) in [6, 6.07) is -0.716. The normalized spacial score (nSPS) is 13.8. The predicted octanol–water partition coefficient (Wildman–Crippen LogP) is 16.2. The summed E-state index contributed by atoms with van der Waals surface area (Å²) in [7, 11) is 0. The van der Waals surface area contributed by atoms with E-state index in [9.17, 15) is 19.8 Å². The SMILES string of the molecule is CC/C=C/C=C/C=C\C=C/C=C/CCCCCC(=O)OC(CCCCCCC/C=C/CCCCCCCC)CC(=O)NC(CO)C(O)CCCCCCCCCCCCCCCC. The number of nitrogens with one attached hydrogen (secondary N) is 1. The molecule has 63 heavy (non-hydrogen) atoms.